The highest BCUT2D eigenvalue weighted by atomic mass is 32.1. The number of nitrogens with one attached hydrogen (secondary N) is 2. The van der Waals surface area contributed by atoms with Crippen molar-refractivity contribution in [2.75, 3.05) is 0 Å². The van der Waals surface area contributed by atoms with Gasteiger partial charge in [-0.3, -0.25) is 24.4 Å². The van der Waals surface area contributed by atoms with E-state index in [1.165, 1.54) is 4.57 Å². The molecule has 2 N–H and O–H groups in total. The minimum Gasteiger partial charge on any atom is -0.314 e. The van der Waals surface area contributed by atoms with Gasteiger partial charge in [0.05, 0.1) is 0 Å². The Kier molecular flexibility index (Phi) is 4.96. The van der Waals surface area contributed by atoms with Gasteiger partial charge in [0.25, 0.3) is 11.8 Å². The quantitative estimate of drug-likeness (QED) is 0.612. The fraction of sp³-hybridized carbons (Fsp3) is 0.143. The lowest BCUT2D eigenvalue weighted by atomic mass is 9.83. The van der Waals surface area contributed by atoms with Crippen LogP contribution in [0.4, 0.5) is 4.79 Å². The standard InChI is InChI=1S/C21H18N4O4S/c1-14-13-30-20(29)24(14)12-17(26)23-25-18(27)21(22-19(25)28,15-8-4-2-5-9-15)16-10-6-3-7-11-16/h2-11,13H,12H2,1H3,(H,22,28)(H,23,26). The van der Waals surface area contributed by atoms with Crippen molar-refractivity contribution < 1.29 is 14.4 Å². The minimum absolute atomic E-state index is 0.289. The normalized spacial score (nSPS) is 15.2. The van der Waals surface area contributed by atoms with Gasteiger partial charge in [-0.1, -0.05) is 72.0 Å². The summed E-state index contributed by atoms with van der Waals surface area (Å²) in [6, 6.07) is 16.9. The number of imide groups is 1. The van der Waals surface area contributed by atoms with Crippen LogP contribution >= 0.6 is 11.3 Å². The molecule has 1 aliphatic rings. The molecule has 0 saturated carbocycles. The fourth-order valence-corrected chi connectivity index (χ4v) is 4.20. The number of hydrazine groups is 1. The van der Waals surface area contributed by atoms with Crippen LogP contribution < -0.4 is 15.6 Å². The van der Waals surface area contributed by atoms with Crippen LogP contribution in [-0.4, -0.2) is 27.4 Å². The third kappa shape index (κ3) is 3.18. The molecule has 8 nitrogen and oxygen atoms in total. The molecule has 4 amide bonds. The molecule has 0 atom stereocenters. The molecule has 0 radical (unpaired) electrons. The molecular formula is C21H18N4O4S. The second-order valence-corrected chi connectivity index (χ2v) is 7.64. The number of nitrogens with zero attached hydrogens (tertiary/aromatic N) is 2. The zero-order valence-corrected chi connectivity index (χ0v) is 16.8. The van der Waals surface area contributed by atoms with Gasteiger partial charge < -0.3 is 5.32 Å². The smallest absolute Gasteiger partial charge is 0.314 e. The molecule has 9 heteroatoms. The summed E-state index contributed by atoms with van der Waals surface area (Å²) in [6.45, 7) is 1.41. The number of thiazole rings is 1. The van der Waals surface area contributed by atoms with Crippen LogP contribution in [0, 0.1) is 6.92 Å². The van der Waals surface area contributed by atoms with E-state index >= 15 is 0 Å². The molecule has 2 heterocycles. The van der Waals surface area contributed by atoms with Gasteiger partial charge in [-0.05, 0) is 18.1 Å². The van der Waals surface area contributed by atoms with Crippen LogP contribution in [0.3, 0.4) is 0 Å². The molecule has 0 bridgehead atoms. The molecule has 30 heavy (non-hydrogen) atoms. The van der Waals surface area contributed by atoms with Gasteiger partial charge in [-0.25, -0.2) is 4.79 Å². The number of hydrogen-bond donors (Lipinski definition) is 2. The third-order valence-corrected chi connectivity index (χ3v) is 5.83. The summed E-state index contributed by atoms with van der Waals surface area (Å²) < 4.78 is 1.28. The molecule has 1 aromatic heterocycles. The van der Waals surface area contributed by atoms with Crippen LogP contribution in [0.2, 0.25) is 0 Å². The molecule has 0 spiro atoms. The van der Waals surface area contributed by atoms with Crippen LogP contribution in [0.5, 0.6) is 0 Å². The topological polar surface area (TPSA) is 101 Å². The van der Waals surface area contributed by atoms with E-state index in [2.05, 4.69) is 10.7 Å². The van der Waals surface area contributed by atoms with Crippen molar-refractivity contribution in [1.82, 2.24) is 20.3 Å². The Bertz CT molecular complexity index is 1130. The largest absolute Gasteiger partial charge is 0.344 e. The predicted molar refractivity (Wildman–Crippen MR) is 111 cm³/mol. The van der Waals surface area contributed by atoms with Gasteiger partial charge in [0, 0.05) is 11.1 Å². The fourth-order valence-electron chi connectivity index (χ4n) is 3.47. The van der Waals surface area contributed by atoms with Crippen molar-refractivity contribution in [2.45, 2.75) is 19.0 Å². The monoisotopic (exact) mass is 422 g/mol. The molecule has 3 aromatic rings. The first-order valence-electron chi connectivity index (χ1n) is 9.15. The van der Waals surface area contributed by atoms with Crippen LogP contribution in [-0.2, 0) is 21.7 Å². The highest BCUT2D eigenvalue weighted by Crippen LogP contribution is 2.35. The van der Waals surface area contributed by atoms with Crippen molar-refractivity contribution in [3.05, 3.63) is 92.5 Å². The maximum Gasteiger partial charge on any atom is 0.344 e. The number of aryl methyl sites for hydroxylation is 1. The second-order valence-electron chi connectivity index (χ2n) is 6.82. The van der Waals surface area contributed by atoms with Gasteiger partial charge in [0.2, 0.25) is 0 Å². The number of benzene rings is 2. The summed E-state index contributed by atoms with van der Waals surface area (Å²) in [4.78, 5) is 50.3. The number of carbonyl (C=O) groups is 3. The van der Waals surface area contributed by atoms with Crippen LogP contribution in [0.25, 0.3) is 0 Å². The molecule has 4 rings (SSSR count). The highest BCUT2D eigenvalue weighted by molar-refractivity contribution is 7.07. The van der Waals surface area contributed by atoms with Crippen molar-refractivity contribution >= 4 is 29.2 Å². The molecule has 152 valence electrons. The Morgan fingerprint density at radius 2 is 1.57 bits per heavy atom. The lowest BCUT2D eigenvalue weighted by Crippen LogP contribution is -2.50. The summed E-state index contributed by atoms with van der Waals surface area (Å²) in [5.74, 6) is -1.29. The van der Waals surface area contributed by atoms with Gasteiger partial charge in [0.15, 0.2) is 5.54 Å². The Morgan fingerprint density at radius 3 is 2.07 bits per heavy atom. The van der Waals surface area contributed by atoms with Crippen LogP contribution in [0.1, 0.15) is 16.8 Å². The van der Waals surface area contributed by atoms with E-state index in [0.717, 1.165) is 11.3 Å². The molecule has 0 unspecified atom stereocenters. The Morgan fingerprint density at radius 1 is 1.00 bits per heavy atom. The van der Waals surface area contributed by atoms with Gasteiger partial charge in [0.1, 0.15) is 6.54 Å². The number of aromatic nitrogens is 1. The Balaban J connectivity index is 1.67. The number of carbonyl (C=O) groups excluding carboxylic acids is 3. The average Bonchev–Trinajstić information content (AvgIpc) is 3.21. The predicted octanol–water partition coefficient (Wildman–Crippen LogP) is 1.75. The third-order valence-electron chi connectivity index (χ3n) is 4.95. The van der Waals surface area contributed by atoms with Crippen molar-refractivity contribution in [2.24, 2.45) is 0 Å². The SMILES string of the molecule is Cc1csc(=O)n1CC(=O)NN1C(=O)NC(c2ccccc2)(c2ccccc2)C1=O. The molecular weight excluding hydrogens is 404 g/mol. The molecule has 1 fully saturated rings. The van der Waals surface area contributed by atoms with Gasteiger partial charge in [-0.2, -0.15) is 5.01 Å². The van der Waals surface area contributed by atoms with E-state index in [-0.39, 0.29) is 11.4 Å². The number of urea groups is 1. The van der Waals surface area contributed by atoms with Gasteiger partial charge >= 0.3 is 10.9 Å². The minimum atomic E-state index is -1.47. The summed E-state index contributed by atoms with van der Waals surface area (Å²) >= 11 is 0.979. The Labute approximate surface area is 175 Å². The molecule has 2 aromatic carbocycles. The zero-order valence-electron chi connectivity index (χ0n) is 16.0. The van der Waals surface area contributed by atoms with Gasteiger partial charge in [-0.15, -0.1) is 0 Å². The number of hydrogen-bond acceptors (Lipinski definition) is 5. The highest BCUT2D eigenvalue weighted by Gasteiger charge is 2.54. The first-order chi connectivity index (χ1) is 14.4. The van der Waals surface area contributed by atoms with E-state index in [0.29, 0.717) is 21.8 Å². The maximum absolute atomic E-state index is 13.5. The first kappa shape index (κ1) is 19.6. The van der Waals surface area contributed by atoms with Crippen molar-refractivity contribution in [3.63, 3.8) is 0 Å². The van der Waals surface area contributed by atoms with E-state index in [4.69, 9.17) is 0 Å². The lowest BCUT2D eigenvalue weighted by molar-refractivity contribution is -0.138. The maximum atomic E-state index is 13.5. The van der Waals surface area contributed by atoms with E-state index in [9.17, 15) is 19.2 Å². The summed E-state index contributed by atoms with van der Waals surface area (Å²) in [6.07, 6.45) is 0. The van der Waals surface area contributed by atoms with E-state index < -0.39 is 23.4 Å². The Hall–Kier alpha value is -3.72. The summed E-state index contributed by atoms with van der Waals surface area (Å²) in [7, 11) is 0. The van der Waals surface area contributed by atoms with Crippen LogP contribution in [0.15, 0.2) is 70.8 Å². The summed E-state index contributed by atoms with van der Waals surface area (Å²) in [5.41, 5.74) is 2.63. The van der Waals surface area contributed by atoms with E-state index in [1.54, 1.807) is 60.8 Å². The summed E-state index contributed by atoms with van der Waals surface area (Å²) in [5, 5.41) is 5.06. The zero-order chi connectivity index (χ0) is 21.3. The number of rotatable bonds is 5. The van der Waals surface area contributed by atoms with E-state index in [1.807, 2.05) is 12.1 Å². The average molecular weight is 422 g/mol. The lowest BCUT2D eigenvalue weighted by Gasteiger charge is -2.27. The molecule has 0 aliphatic carbocycles. The second kappa shape index (κ2) is 7.60. The van der Waals surface area contributed by atoms with Crippen molar-refractivity contribution in [1.29, 1.82) is 0 Å². The number of amides is 4. The first-order valence-corrected chi connectivity index (χ1v) is 10.0. The van der Waals surface area contributed by atoms with Crippen molar-refractivity contribution in [3.8, 4) is 0 Å². The molecule has 1 saturated heterocycles. The molecule has 1 aliphatic heterocycles.